The molecule has 1 unspecified atom stereocenters. The fourth-order valence-corrected chi connectivity index (χ4v) is 4.37. The number of nitrogens with zero attached hydrogens (tertiary/aromatic N) is 5. The number of aromatic nitrogens is 4. The number of nitrogen functional groups attached to an aromatic ring is 1. The van der Waals surface area contributed by atoms with Crippen LogP contribution in [0.3, 0.4) is 0 Å². The molecule has 3 aromatic rings. The lowest BCUT2D eigenvalue weighted by Crippen LogP contribution is -2.50. The monoisotopic (exact) mass is 393 g/mol. The zero-order valence-electron chi connectivity index (χ0n) is 16.0. The van der Waals surface area contributed by atoms with E-state index in [1.165, 1.54) is 21.7 Å². The van der Waals surface area contributed by atoms with Crippen LogP contribution in [-0.4, -0.2) is 54.4 Å². The number of nitrogens with two attached hydrogens (primary N) is 1. The average molecular weight is 393 g/mol. The van der Waals surface area contributed by atoms with Gasteiger partial charge in [-0.15, -0.1) is 0 Å². The highest BCUT2D eigenvalue weighted by Gasteiger charge is 2.35. The van der Waals surface area contributed by atoms with Gasteiger partial charge < -0.3 is 10.6 Å². The van der Waals surface area contributed by atoms with E-state index in [1.54, 1.807) is 0 Å². The summed E-state index contributed by atoms with van der Waals surface area (Å²) >= 11 is 0. The van der Waals surface area contributed by atoms with Gasteiger partial charge in [0.1, 0.15) is 0 Å². The van der Waals surface area contributed by atoms with Gasteiger partial charge in [-0.3, -0.25) is 19.6 Å². The van der Waals surface area contributed by atoms with Gasteiger partial charge in [0.2, 0.25) is 11.9 Å². The highest BCUT2D eigenvalue weighted by Crippen LogP contribution is 2.26. The largest absolute Gasteiger partial charge is 0.368 e. The first-order valence-electron chi connectivity index (χ1n) is 9.92. The first kappa shape index (κ1) is 17.9. The van der Waals surface area contributed by atoms with Gasteiger partial charge in [-0.2, -0.15) is 9.50 Å². The SMILES string of the molecule is Nc1nc2nc(CN3Cc4ccccc4CC3C(=O)N3CCCC3)cc(=O)n2[nH]1. The van der Waals surface area contributed by atoms with Crippen molar-refractivity contribution >= 4 is 17.6 Å². The summed E-state index contributed by atoms with van der Waals surface area (Å²) in [6.07, 6.45) is 2.79. The summed E-state index contributed by atoms with van der Waals surface area (Å²) in [5.74, 6) is 0.546. The van der Waals surface area contributed by atoms with E-state index in [2.05, 4.69) is 32.1 Å². The van der Waals surface area contributed by atoms with Crippen LogP contribution in [0.15, 0.2) is 35.1 Å². The molecular weight excluding hydrogens is 370 g/mol. The molecule has 0 radical (unpaired) electrons. The smallest absolute Gasteiger partial charge is 0.274 e. The summed E-state index contributed by atoms with van der Waals surface area (Å²) in [4.78, 5) is 38.3. The van der Waals surface area contributed by atoms with E-state index in [0.29, 0.717) is 25.2 Å². The predicted molar refractivity (Wildman–Crippen MR) is 107 cm³/mol. The van der Waals surface area contributed by atoms with Crippen LogP contribution in [0.1, 0.15) is 29.7 Å². The number of anilines is 1. The highest BCUT2D eigenvalue weighted by molar-refractivity contribution is 5.83. The molecule has 1 amide bonds. The molecule has 2 aromatic heterocycles. The van der Waals surface area contributed by atoms with Crippen molar-refractivity contribution < 1.29 is 4.79 Å². The van der Waals surface area contributed by atoms with Gasteiger partial charge in [0, 0.05) is 32.2 Å². The van der Waals surface area contributed by atoms with E-state index >= 15 is 0 Å². The van der Waals surface area contributed by atoms with Gasteiger partial charge in [-0.05, 0) is 30.4 Å². The minimum absolute atomic E-state index is 0.140. The van der Waals surface area contributed by atoms with Crippen molar-refractivity contribution in [3.63, 3.8) is 0 Å². The van der Waals surface area contributed by atoms with Gasteiger partial charge in [-0.25, -0.2) is 4.98 Å². The molecular formula is C20H23N7O2. The Morgan fingerprint density at radius 1 is 1.17 bits per heavy atom. The Kier molecular flexibility index (Phi) is 4.31. The van der Waals surface area contributed by atoms with Gasteiger partial charge >= 0.3 is 0 Å². The van der Waals surface area contributed by atoms with Gasteiger partial charge in [0.25, 0.3) is 11.3 Å². The third-order valence-electron chi connectivity index (χ3n) is 5.81. The molecule has 5 rings (SSSR count). The van der Waals surface area contributed by atoms with E-state index in [4.69, 9.17) is 5.73 Å². The fourth-order valence-electron chi connectivity index (χ4n) is 4.37. The number of likely N-dealkylation sites (tertiary alicyclic amines) is 1. The Labute approximate surface area is 167 Å². The first-order valence-corrected chi connectivity index (χ1v) is 9.92. The van der Waals surface area contributed by atoms with Crippen molar-refractivity contribution in [1.29, 1.82) is 0 Å². The summed E-state index contributed by atoms with van der Waals surface area (Å²) in [5.41, 5.74) is 8.39. The predicted octanol–water partition coefficient (Wildman–Crippen LogP) is 0.549. The average Bonchev–Trinajstić information content (AvgIpc) is 3.36. The van der Waals surface area contributed by atoms with Crippen LogP contribution in [0.5, 0.6) is 0 Å². The number of carbonyl (C=O) groups excluding carboxylic acids is 1. The summed E-state index contributed by atoms with van der Waals surface area (Å²) in [5, 5.41) is 2.67. The molecule has 9 heteroatoms. The van der Waals surface area contributed by atoms with E-state index in [9.17, 15) is 9.59 Å². The molecule has 0 saturated carbocycles. The van der Waals surface area contributed by atoms with E-state index in [1.807, 2.05) is 17.0 Å². The number of hydrogen-bond acceptors (Lipinski definition) is 6. The number of hydrogen-bond donors (Lipinski definition) is 2. The maximum absolute atomic E-state index is 13.3. The molecule has 0 spiro atoms. The number of rotatable bonds is 3. The van der Waals surface area contributed by atoms with E-state index in [-0.39, 0.29) is 29.2 Å². The number of carbonyl (C=O) groups is 1. The summed E-state index contributed by atoms with van der Waals surface area (Å²) in [7, 11) is 0. The van der Waals surface area contributed by atoms with Crippen LogP contribution in [0.4, 0.5) is 5.95 Å². The maximum Gasteiger partial charge on any atom is 0.274 e. The van der Waals surface area contributed by atoms with Gasteiger partial charge in [0.05, 0.1) is 11.7 Å². The lowest BCUT2D eigenvalue weighted by molar-refractivity contribution is -0.136. The van der Waals surface area contributed by atoms with Crippen molar-refractivity contribution in [2.24, 2.45) is 0 Å². The highest BCUT2D eigenvalue weighted by atomic mass is 16.2. The number of fused-ring (bicyclic) bond motifs is 2. The summed E-state index contributed by atoms with van der Waals surface area (Å²) < 4.78 is 1.22. The van der Waals surface area contributed by atoms with Crippen LogP contribution in [-0.2, 0) is 24.3 Å². The molecule has 2 aliphatic heterocycles. The number of H-pyrrole nitrogens is 1. The number of nitrogens with one attached hydrogen (secondary N) is 1. The lowest BCUT2D eigenvalue weighted by atomic mass is 9.93. The molecule has 1 aromatic carbocycles. The molecule has 0 aliphatic carbocycles. The van der Waals surface area contributed by atoms with Crippen LogP contribution in [0.2, 0.25) is 0 Å². The zero-order valence-corrected chi connectivity index (χ0v) is 16.0. The Morgan fingerprint density at radius 3 is 2.72 bits per heavy atom. The van der Waals surface area contributed by atoms with Gasteiger partial charge in [0.15, 0.2) is 0 Å². The molecule has 1 atom stereocenters. The minimum Gasteiger partial charge on any atom is -0.368 e. The molecule has 4 heterocycles. The molecule has 9 nitrogen and oxygen atoms in total. The molecule has 29 heavy (non-hydrogen) atoms. The maximum atomic E-state index is 13.3. The Bertz CT molecular complexity index is 1130. The van der Waals surface area contributed by atoms with Crippen molar-refractivity contribution in [2.45, 2.75) is 38.4 Å². The Balaban J connectivity index is 1.48. The van der Waals surface area contributed by atoms with Crippen molar-refractivity contribution in [2.75, 3.05) is 18.8 Å². The second kappa shape index (κ2) is 7.00. The molecule has 2 aliphatic rings. The third-order valence-corrected chi connectivity index (χ3v) is 5.81. The quantitative estimate of drug-likeness (QED) is 0.672. The third kappa shape index (κ3) is 3.27. The normalized spacial score (nSPS) is 19.6. The number of aromatic amines is 1. The van der Waals surface area contributed by atoms with E-state index < -0.39 is 0 Å². The summed E-state index contributed by atoms with van der Waals surface area (Å²) in [6.45, 7) is 2.69. The zero-order chi connectivity index (χ0) is 20.0. The van der Waals surface area contributed by atoms with Crippen LogP contribution >= 0.6 is 0 Å². The Hall–Kier alpha value is -3.20. The Morgan fingerprint density at radius 2 is 1.93 bits per heavy atom. The molecule has 1 fully saturated rings. The summed E-state index contributed by atoms with van der Waals surface area (Å²) in [6, 6.07) is 9.45. The van der Waals surface area contributed by atoms with E-state index in [0.717, 1.165) is 25.9 Å². The van der Waals surface area contributed by atoms with Crippen molar-refractivity contribution in [1.82, 2.24) is 29.4 Å². The lowest BCUT2D eigenvalue weighted by Gasteiger charge is -2.37. The van der Waals surface area contributed by atoms with Crippen molar-refractivity contribution in [3.8, 4) is 0 Å². The molecule has 3 N–H and O–H groups in total. The standard InChI is InChI=1S/C20H23N7O2/c21-19-23-20-22-15(10-17(28)27(20)24-19)12-26-11-14-6-2-1-5-13(14)9-16(26)18(29)25-7-3-4-8-25/h1-2,5-6,10,16H,3-4,7-9,11-12H2,(H3,21,22,23,24). The van der Waals surface area contributed by atoms with Crippen LogP contribution in [0, 0.1) is 0 Å². The molecule has 1 saturated heterocycles. The minimum atomic E-state index is -0.269. The molecule has 0 bridgehead atoms. The van der Waals surface area contributed by atoms with Crippen LogP contribution < -0.4 is 11.3 Å². The van der Waals surface area contributed by atoms with Crippen molar-refractivity contribution in [3.05, 3.63) is 57.5 Å². The van der Waals surface area contributed by atoms with Gasteiger partial charge in [-0.1, -0.05) is 24.3 Å². The first-order chi connectivity index (χ1) is 14.1. The van der Waals surface area contributed by atoms with Crippen LogP contribution in [0.25, 0.3) is 5.78 Å². The second-order valence-corrected chi connectivity index (χ2v) is 7.76. The number of benzene rings is 1. The second-order valence-electron chi connectivity index (χ2n) is 7.76. The number of amides is 1. The molecule has 150 valence electrons. The fraction of sp³-hybridized carbons (Fsp3) is 0.400. The topological polar surface area (TPSA) is 113 Å².